The van der Waals surface area contributed by atoms with Gasteiger partial charge in [0.25, 0.3) is 0 Å². The molecule has 18 heavy (non-hydrogen) atoms. The molecule has 0 radical (unpaired) electrons. The summed E-state index contributed by atoms with van der Waals surface area (Å²) in [4.78, 5) is 22.0. The highest BCUT2D eigenvalue weighted by atomic mass is 16.5. The van der Waals surface area contributed by atoms with E-state index in [4.69, 9.17) is 10.5 Å². The van der Waals surface area contributed by atoms with E-state index in [9.17, 15) is 4.79 Å². The number of ether oxygens (including phenoxy) is 1. The lowest BCUT2D eigenvalue weighted by molar-refractivity contribution is -0.113. The molecule has 1 amide bonds. The van der Waals surface area contributed by atoms with Crippen LogP contribution in [0.15, 0.2) is 18.6 Å². The van der Waals surface area contributed by atoms with Gasteiger partial charge in [0.2, 0.25) is 11.8 Å². The van der Waals surface area contributed by atoms with E-state index >= 15 is 0 Å². The first-order chi connectivity index (χ1) is 8.58. The van der Waals surface area contributed by atoms with Crippen LogP contribution in [0.4, 0.5) is 0 Å². The lowest BCUT2D eigenvalue weighted by Crippen LogP contribution is -2.07. The molecule has 2 heterocycles. The fourth-order valence-corrected chi connectivity index (χ4v) is 1.57. The fourth-order valence-electron chi connectivity index (χ4n) is 1.57. The van der Waals surface area contributed by atoms with Crippen LogP contribution in [0.3, 0.4) is 0 Å². The van der Waals surface area contributed by atoms with E-state index in [0.29, 0.717) is 11.5 Å². The first kappa shape index (κ1) is 12.1. The van der Waals surface area contributed by atoms with Crippen LogP contribution < -0.4 is 10.5 Å². The number of nitrogens with zero attached hydrogens (tertiary/aromatic N) is 2. The van der Waals surface area contributed by atoms with Gasteiger partial charge in [-0.3, -0.25) is 4.79 Å². The van der Waals surface area contributed by atoms with E-state index in [-0.39, 0.29) is 6.10 Å². The second-order valence-corrected chi connectivity index (χ2v) is 4.05. The monoisotopic (exact) mass is 246 g/mol. The molecule has 0 unspecified atom stereocenters. The molecule has 0 fully saturated rings. The van der Waals surface area contributed by atoms with Gasteiger partial charge in [-0.1, -0.05) is 0 Å². The Morgan fingerprint density at radius 3 is 2.94 bits per heavy atom. The zero-order chi connectivity index (χ0) is 13.1. The van der Waals surface area contributed by atoms with Crippen LogP contribution in [-0.2, 0) is 4.79 Å². The molecule has 0 spiro atoms. The minimum Gasteiger partial charge on any atom is -0.474 e. The summed E-state index contributed by atoms with van der Waals surface area (Å²) < 4.78 is 5.61. The largest absolute Gasteiger partial charge is 0.474 e. The third-order valence-electron chi connectivity index (χ3n) is 2.24. The summed E-state index contributed by atoms with van der Waals surface area (Å²) >= 11 is 0. The summed E-state index contributed by atoms with van der Waals surface area (Å²) in [6.45, 7) is 3.83. The van der Waals surface area contributed by atoms with Crippen molar-refractivity contribution in [1.29, 1.82) is 0 Å². The van der Waals surface area contributed by atoms with Crippen molar-refractivity contribution in [2.75, 3.05) is 0 Å². The molecule has 0 atom stereocenters. The Kier molecular flexibility index (Phi) is 3.27. The molecule has 6 heteroatoms. The van der Waals surface area contributed by atoms with E-state index in [1.807, 2.05) is 13.8 Å². The molecule has 0 aliphatic carbocycles. The normalized spacial score (nSPS) is 11.5. The molecule has 0 saturated heterocycles. The molecule has 0 aliphatic rings. The number of rotatable bonds is 4. The van der Waals surface area contributed by atoms with Crippen LogP contribution >= 0.6 is 0 Å². The molecule has 0 saturated carbocycles. The summed E-state index contributed by atoms with van der Waals surface area (Å²) in [6.07, 6.45) is 6.06. The molecule has 0 bridgehead atoms. The summed E-state index contributed by atoms with van der Waals surface area (Å²) in [5.41, 5.74) is 6.49. The Labute approximate surface area is 104 Å². The van der Waals surface area contributed by atoms with Crippen molar-refractivity contribution in [1.82, 2.24) is 15.0 Å². The number of nitrogens with one attached hydrogen (secondary N) is 1. The number of carbonyl (C=O) groups excluding carboxylic acids is 1. The zero-order valence-electron chi connectivity index (χ0n) is 10.2. The number of carbonyl (C=O) groups is 1. The summed E-state index contributed by atoms with van der Waals surface area (Å²) in [5, 5.41) is 0.740. The second kappa shape index (κ2) is 4.87. The molecular formula is C12H14N4O2. The lowest BCUT2D eigenvalue weighted by Gasteiger charge is -2.09. The van der Waals surface area contributed by atoms with Crippen LogP contribution in [0.25, 0.3) is 17.1 Å². The van der Waals surface area contributed by atoms with Crippen LogP contribution in [0, 0.1) is 0 Å². The van der Waals surface area contributed by atoms with Crippen molar-refractivity contribution >= 4 is 23.0 Å². The van der Waals surface area contributed by atoms with Gasteiger partial charge in [-0.05, 0) is 19.9 Å². The Morgan fingerprint density at radius 1 is 1.50 bits per heavy atom. The Morgan fingerprint density at radius 2 is 2.28 bits per heavy atom. The van der Waals surface area contributed by atoms with Gasteiger partial charge in [0.05, 0.1) is 11.5 Å². The molecule has 0 aromatic carbocycles. The minimum atomic E-state index is -0.507. The van der Waals surface area contributed by atoms with Crippen molar-refractivity contribution < 1.29 is 9.53 Å². The second-order valence-electron chi connectivity index (χ2n) is 4.05. The number of nitrogens with two attached hydrogens (primary N) is 1. The van der Waals surface area contributed by atoms with Gasteiger partial charge in [-0.15, -0.1) is 0 Å². The van der Waals surface area contributed by atoms with Crippen LogP contribution in [0.5, 0.6) is 5.88 Å². The number of hydrogen-bond donors (Lipinski definition) is 2. The minimum absolute atomic E-state index is 0.00553. The van der Waals surface area contributed by atoms with Gasteiger partial charge < -0.3 is 15.5 Å². The van der Waals surface area contributed by atoms with E-state index in [0.717, 1.165) is 10.9 Å². The van der Waals surface area contributed by atoms with Crippen LogP contribution in [-0.4, -0.2) is 27.0 Å². The van der Waals surface area contributed by atoms with Gasteiger partial charge in [0, 0.05) is 17.8 Å². The van der Waals surface area contributed by atoms with Crippen LogP contribution in [0.1, 0.15) is 19.4 Å². The third kappa shape index (κ3) is 2.48. The first-order valence-electron chi connectivity index (χ1n) is 5.54. The number of H-pyrrole nitrogens is 1. The summed E-state index contributed by atoms with van der Waals surface area (Å²) in [7, 11) is 0. The highest BCUT2D eigenvalue weighted by molar-refractivity contribution is 5.96. The molecule has 94 valence electrons. The number of aromatic nitrogens is 3. The predicted molar refractivity (Wildman–Crippen MR) is 67.9 cm³/mol. The van der Waals surface area contributed by atoms with Crippen LogP contribution in [0.2, 0.25) is 0 Å². The van der Waals surface area contributed by atoms with Gasteiger partial charge in [-0.25, -0.2) is 9.97 Å². The molecule has 6 nitrogen and oxygen atoms in total. The van der Waals surface area contributed by atoms with Gasteiger partial charge in [0.15, 0.2) is 0 Å². The maximum absolute atomic E-state index is 10.8. The molecule has 2 aromatic rings. The third-order valence-corrected chi connectivity index (χ3v) is 2.24. The smallest absolute Gasteiger partial charge is 0.241 e. The SMILES string of the molecule is CC(C)Oc1ncnc2[nH]cc(/C=C/C(N)=O)c12. The summed E-state index contributed by atoms with van der Waals surface area (Å²) in [5.74, 6) is -0.0205. The topological polar surface area (TPSA) is 93.9 Å². The highest BCUT2D eigenvalue weighted by Gasteiger charge is 2.11. The lowest BCUT2D eigenvalue weighted by atomic mass is 10.2. The van der Waals surface area contributed by atoms with E-state index in [1.54, 1.807) is 12.3 Å². The zero-order valence-corrected chi connectivity index (χ0v) is 10.2. The average molecular weight is 246 g/mol. The van der Waals surface area contributed by atoms with Gasteiger partial charge >= 0.3 is 0 Å². The maximum Gasteiger partial charge on any atom is 0.241 e. The predicted octanol–water partition coefficient (Wildman–Crippen LogP) is 1.24. The Balaban J connectivity index is 2.51. The van der Waals surface area contributed by atoms with Gasteiger partial charge in [-0.2, -0.15) is 0 Å². The number of primary amides is 1. The number of hydrogen-bond acceptors (Lipinski definition) is 4. The van der Waals surface area contributed by atoms with Gasteiger partial charge in [0.1, 0.15) is 12.0 Å². The molecular weight excluding hydrogens is 232 g/mol. The van der Waals surface area contributed by atoms with E-state index < -0.39 is 5.91 Å². The fraction of sp³-hybridized carbons (Fsp3) is 0.250. The first-order valence-corrected chi connectivity index (χ1v) is 5.54. The number of aromatic amines is 1. The van der Waals surface area contributed by atoms with Crippen molar-refractivity contribution in [2.24, 2.45) is 5.73 Å². The molecule has 2 aromatic heterocycles. The van der Waals surface area contributed by atoms with E-state index in [1.165, 1.54) is 12.4 Å². The standard InChI is InChI=1S/C12H14N4O2/c1-7(2)18-12-10-8(3-4-9(13)17)5-14-11(10)15-6-16-12/h3-7H,1-2H3,(H2,13,17)(H,14,15,16)/b4-3+. The quantitative estimate of drug-likeness (QED) is 0.794. The van der Waals surface area contributed by atoms with Crippen molar-refractivity contribution in [3.05, 3.63) is 24.2 Å². The number of fused-ring (bicyclic) bond motifs is 1. The Hall–Kier alpha value is -2.37. The highest BCUT2D eigenvalue weighted by Crippen LogP contribution is 2.26. The average Bonchev–Trinajstić information content (AvgIpc) is 2.70. The van der Waals surface area contributed by atoms with Crippen molar-refractivity contribution in [2.45, 2.75) is 20.0 Å². The maximum atomic E-state index is 10.8. The number of amides is 1. The van der Waals surface area contributed by atoms with Crippen molar-refractivity contribution in [3.8, 4) is 5.88 Å². The Bertz CT molecular complexity index is 601. The molecule has 3 N–H and O–H groups in total. The van der Waals surface area contributed by atoms with Crippen molar-refractivity contribution in [3.63, 3.8) is 0 Å². The molecule has 2 rings (SSSR count). The molecule has 0 aliphatic heterocycles. The summed E-state index contributed by atoms with van der Waals surface area (Å²) in [6, 6.07) is 0. The van der Waals surface area contributed by atoms with E-state index in [2.05, 4.69) is 15.0 Å².